The van der Waals surface area contributed by atoms with Crippen LogP contribution in [0.2, 0.25) is 0 Å². The third kappa shape index (κ3) is 3.83. The average molecular weight is 472 g/mol. The number of fused-ring (bicyclic) bond motifs is 2. The largest absolute Gasteiger partial charge is 0.378 e. The minimum absolute atomic E-state index is 0.0541. The summed E-state index contributed by atoms with van der Waals surface area (Å²) in [4.78, 5) is 21.9. The van der Waals surface area contributed by atoms with Crippen molar-refractivity contribution in [1.29, 1.82) is 0 Å². The fourth-order valence-corrected chi connectivity index (χ4v) is 4.66. The second-order valence-electron chi connectivity index (χ2n) is 8.81. The molecule has 11 heteroatoms. The molecule has 11 nitrogen and oxygen atoms in total. The normalized spacial score (nSPS) is 16.2. The predicted octanol–water partition coefficient (Wildman–Crippen LogP) is 1.98. The van der Waals surface area contributed by atoms with Crippen LogP contribution in [0.3, 0.4) is 0 Å². The summed E-state index contributed by atoms with van der Waals surface area (Å²) >= 11 is 0. The van der Waals surface area contributed by atoms with Crippen molar-refractivity contribution in [3.63, 3.8) is 0 Å². The highest BCUT2D eigenvalue weighted by Crippen LogP contribution is 2.30. The number of allylic oxidation sites excluding steroid dienone is 2. The standard InChI is InChI=1S/C24H25N9O2/c1-15-19(14-33-24(31(15)2)28-29-30-33)21(34)12-16-3-4-20-18(11-16)23(27-26-20)17-5-6-25-22(13-17)32-7-9-35-10-8-32/h3-6,11,13H,7-10,12,14H2,1-2H3,(H,26,27). The molecule has 0 radical (unpaired) electrons. The minimum atomic E-state index is 0.0541. The number of Topliss-reactive ketones (excluding diaryl/α,β-unsaturated/α-hetero) is 1. The Labute approximate surface area is 201 Å². The maximum absolute atomic E-state index is 13.3. The number of aromatic nitrogens is 7. The number of carbonyl (C=O) groups is 1. The summed E-state index contributed by atoms with van der Waals surface area (Å²) in [7, 11) is 1.87. The van der Waals surface area contributed by atoms with Gasteiger partial charge in [0.15, 0.2) is 5.78 Å². The Kier molecular flexibility index (Phi) is 5.25. The molecule has 0 bridgehead atoms. The molecule has 0 amide bonds. The molecule has 1 saturated heterocycles. The molecule has 1 aromatic carbocycles. The molecule has 2 aliphatic rings. The van der Waals surface area contributed by atoms with Crippen molar-refractivity contribution in [2.24, 2.45) is 0 Å². The SMILES string of the molecule is CC1=C(C(=O)Cc2ccc3[nH]nc(-c4ccnc(N5CCOCC5)c4)c3c2)Cn2nnnc2N1C. The van der Waals surface area contributed by atoms with Crippen LogP contribution in [0.4, 0.5) is 11.8 Å². The first kappa shape index (κ1) is 21.4. The molecule has 0 saturated carbocycles. The number of hydrogen-bond acceptors (Lipinski definition) is 9. The van der Waals surface area contributed by atoms with Gasteiger partial charge in [0.1, 0.15) is 11.5 Å². The van der Waals surface area contributed by atoms with Crippen LogP contribution in [0.5, 0.6) is 0 Å². The Morgan fingerprint density at radius 1 is 1.17 bits per heavy atom. The second-order valence-corrected chi connectivity index (χ2v) is 8.81. The van der Waals surface area contributed by atoms with E-state index in [2.05, 4.69) is 41.7 Å². The molecule has 2 aliphatic heterocycles. The summed E-state index contributed by atoms with van der Waals surface area (Å²) in [5, 5.41) is 20.4. The van der Waals surface area contributed by atoms with Crippen LogP contribution in [0.15, 0.2) is 47.8 Å². The molecular formula is C24H25N9O2. The summed E-state index contributed by atoms with van der Waals surface area (Å²) in [6.45, 7) is 5.35. The number of pyridine rings is 1. The lowest BCUT2D eigenvalue weighted by atomic mass is 9.98. The number of morpholine rings is 1. The van der Waals surface area contributed by atoms with Gasteiger partial charge in [0, 0.05) is 55.0 Å². The molecular weight excluding hydrogens is 446 g/mol. The predicted molar refractivity (Wildman–Crippen MR) is 130 cm³/mol. The minimum Gasteiger partial charge on any atom is -0.378 e. The lowest BCUT2D eigenvalue weighted by Gasteiger charge is -2.27. The van der Waals surface area contributed by atoms with E-state index in [4.69, 9.17) is 4.74 Å². The van der Waals surface area contributed by atoms with Crippen LogP contribution in [-0.2, 0) is 22.5 Å². The number of nitrogens with zero attached hydrogens (tertiary/aromatic N) is 8. The highest BCUT2D eigenvalue weighted by molar-refractivity contribution is 5.99. The molecule has 1 fully saturated rings. The van der Waals surface area contributed by atoms with Crippen LogP contribution < -0.4 is 9.80 Å². The van der Waals surface area contributed by atoms with Gasteiger partial charge in [-0.1, -0.05) is 11.2 Å². The molecule has 35 heavy (non-hydrogen) atoms. The van der Waals surface area contributed by atoms with Gasteiger partial charge in [-0.15, -0.1) is 0 Å². The molecule has 3 aromatic heterocycles. The molecule has 5 heterocycles. The van der Waals surface area contributed by atoms with Crippen molar-refractivity contribution in [3.05, 3.63) is 53.4 Å². The zero-order valence-electron chi connectivity index (χ0n) is 19.6. The van der Waals surface area contributed by atoms with Gasteiger partial charge in [0.05, 0.1) is 25.3 Å². The monoisotopic (exact) mass is 471 g/mol. The summed E-state index contributed by atoms with van der Waals surface area (Å²) < 4.78 is 7.11. The molecule has 0 aliphatic carbocycles. The van der Waals surface area contributed by atoms with Crippen LogP contribution in [0, 0.1) is 0 Å². The number of ketones is 1. The number of aromatic amines is 1. The van der Waals surface area contributed by atoms with E-state index in [1.807, 2.05) is 49.3 Å². The van der Waals surface area contributed by atoms with Gasteiger partial charge in [0.25, 0.3) is 0 Å². The molecule has 4 aromatic rings. The quantitative estimate of drug-likeness (QED) is 0.466. The van der Waals surface area contributed by atoms with E-state index in [1.165, 1.54) is 0 Å². The third-order valence-corrected chi connectivity index (χ3v) is 6.74. The Bertz CT molecular complexity index is 1450. The van der Waals surface area contributed by atoms with Gasteiger partial charge in [-0.25, -0.2) is 9.67 Å². The van der Waals surface area contributed by atoms with Crippen molar-refractivity contribution >= 4 is 28.5 Å². The number of tetrazole rings is 1. The van der Waals surface area contributed by atoms with Gasteiger partial charge >= 0.3 is 0 Å². The van der Waals surface area contributed by atoms with Crippen LogP contribution >= 0.6 is 0 Å². The van der Waals surface area contributed by atoms with E-state index in [0.29, 0.717) is 31.3 Å². The third-order valence-electron chi connectivity index (χ3n) is 6.74. The van der Waals surface area contributed by atoms with Crippen LogP contribution in [0.1, 0.15) is 12.5 Å². The number of benzene rings is 1. The molecule has 178 valence electrons. The van der Waals surface area contributed by atoms with Crippen molar-refractivity contribution in [1.82, 2.24) is 35.4 Å². The first-order valence-electron chi connectivity index (χ1n) is 11.6. The van der Waals surface area contributed by atoms with E-state index >= 15 is 0 Å². The van der Waals surface area contributed by atoms with Gasteiger partial charge in [0.2, 0.25) is 5.95 Å². The average Bonchev–Trinajstić information content (AvgIpc) is 3.54. The Morgan fingerprint density at radius 3 is 2.89 bits per heavy atom. The number of H-pyrrole nitrogens is 1. The fourth-order valence-electron chi connectivity index (χ4n) is 4.66. The first-order valence-corrected chi connectivity index (χ1v) is 11.6. The Morgan fingerprint density at radius 2 is 2.03 bits per heavy atom. The van der Waals surface area contributed by atoms with E-state index in [-0.39, 0.29) is 12.2 Å². The molecule has 6 rings (SSSR count). The van der Waals surface area contributed by atoms with Crippen molar-refractivity contribution in [2.75, 3.05) is 43.2 Å². The van der Waals surface area contributed by atoms with Crippen LogP contribution in [-0.4, -0.2) is 74.5 Å². The molecule has 0 atom stereocenters. The molecule has 0 unspecified atom stereocenters. The summed E-state index contributed by atoms with van der Waals surface area (Å²) in [6, 6.07) is 10.0. The number of ether oxygens (including phenoxy) is 1. The van der Waals surface area contributed by atoms with Crippen LogP contribution in [0.25, 0.3) is 22.2 Å². The Balaban J connectivity index is 1.28. The van der Waals surface area contributed by atoms with E-state index in [1.54, 1.807) is 4.68 Å². The number of anilines is 2. The molecule has 0 spiro atoms. The maximum Gasteiger partial charge on any atom is 0.249 e. The van der Waals surface area contributed by atoms with Gasteiger partial charge in [-0.2, -0.15) is 5.10 Å². The highest BCUT2D eigenvalue weighted by Gasteiger charge is 2.26. The maximum atomic E-state index is 13.3. The lowest BCUT2D eigenvalue weighted by Crippen LogP contribution is -2.36. The number of carbonyl (C=O) groups excluding carboxylic acids is 1. The van der Waals surface area contributed by atoms with Gasteiger partial charge in [-0.05, 0) is 47.2 Å². The van der Waals surface area contributed by atoms with E-state index in [0.717, 1.165) is 52.3 Å². The van der Waals surface area contributed by atoms with Gasteiger partial charge in [-0.3, -0.25) is 9.89 Å². The van der Waals surface area contributed by atoms with Crippen molar-refractivity contribution in [3.8, 4) is 11.3 Å². The number of hydrogen-bond donors (Lipinski definition) is 1. The smallest absolute Gasteiger partial charge is 0.249 e. The summed E-state index contributed by atoms with van der Waals surface area (Å²) in [6.07, 6.45) is 2.10. The summed E-state index contributed by atoms with van der Waals surface area (Å²) in [5.74, 6) is 1.61. The van der Waals surface area contributed by atoms with E-state index < -0.39 is 0 Å². The fraction of sp³-hybridized carbons (Fsp3) is 0.333. The van der Waals surface area contributed by atoms with Gasteiger partial charge < -0.3 is 14.5 Å². The topological polar surface area (TPSA) is 118 Å². The highest BCUT2D eigenvalue weighted by atomic mass is 16.5. The zero-order chi connectivity index (χ0) is 23.9. The van der Waals surface area contributed by atoms with E-state index in [9.17, 15) is 4.79 Å². The number of nitrogens with one attached hydrogen (secondary N) is 1. The first-order chi connectivity index (χ1) is 17.1. The number of rotatable bonds is 5. The summed E-state index contributed by atoms with van der Waals surface area (Å²) in [5.41, 5.74) is 5.26. The molecule has 1 N–H and O–H groups in total. The van der Waals surface area contributed by atoms with Crippen molar-refractivity contribution < 1.29 is 9.53 Å². The lowest BCUT2D eigenvalue weighted by molar-refractivity contribution is -0.115. The Hall–Kier alpha value is -4.12. The second kappa shape index (κ2) is 8.58. The zero-order valence-corrected chi connectivity index (χ0v) is 19.6. The van der Waals surface area contributed by atoms with Crippen molar-refractivity contribution in [2.45, 2.75) is 19.9 Å².